The van der Waals surface area contributed by atoms with Gasteiger partial charge in [-0.1, -0.05) is 20.8 Å². The van der Waals surface area contributed by atoms with E-state index in [4.69, 9.17) is 0 Å². The lowest BCUT2D eigenvalue weighted by molar-refractivity contribution is 0.433. The Morgan fingerprint density at radius 1 is 1.33 bits per heavy atom. The summed E-state index contributed by atoms with van der Waals surface area (Å²) < 4.78 is 0. The Bertz CT molecular complexity index is 106. The first kappa shape index (κ1) is 8.67. The van der Waals surface area contributed by atoms with Gasteiger partial charge in [-0.3, -0.25) is 4.99 Å². The molecule has 0 aliphatic rings. The van der Waals surface area contributed by atoms with Gasteiger partial charge in [-0.05, 0) is 18.8 Å². The van der Waals surface area contributed by atoms with E-state index >= 15 is 0 Å². The van der Waals surface area contributed by atoms with E-state index in [1.165, 1.54) is 5.71 Å². The third kappa shape index (κ3) is 5.54. The van der Waals surface area contributed by atoms with Crippen LogP contribution < -0.4 is 0 Å². The topological polar surface area (TPSA) is 12.4 Å². The first-order valence-corrected chi connectivity index (χ1v) is 3.38. The third-order valence-corrected chi connectivity index (χ3v) is 1.17. The van der Waals surface area contributed by atoms with Crippen LogP contribution in [0, 0.1) is 5.41 Å². The smallest absolute Gasteiger partial charge is 0.0276 e. The molecule has 0 aromatic carbocycles. The summed E-state index contributed by atoms with van der Waals surface area (Å²) in [6.07, 6.45) is 1.10. The number of rotatable bonds is 1. The van der Waals surface area contributed by atoms with Crippen molar-refractivity contribution in [2.24, 2.45) is 10.4 Å². The van der Waals surface area contributed by atoms with Gasteiger partial charge in [0.15, 0.2) is 0 Å². The minimum absolute atomic E-state index is 0.392. The zero-order valence-electron chi connectivity index (χ0n) is 7.15. The normalized spacial score (nSPS) is 14.1. The van der Waals surface area contributed by atoms with Crippen molar-refractivity contribution in [1.29, 1.82) is 0 Å². The summed E-state index contributed by atoms with van der Waals surface area (Å²) in [5.74, 6) is 0. The molecule has 0 spiro atoms. The van der Waals surface area contributed by atoms with E-state index in [9.17, 15) is 0 Å². The molecule has 0 aromatic heterocycles. The predicted molar refractivity (Wildman–Crippen MR) is 43.1 cm³/mol. The van der Waals surface area contributed by atoms with Gasteiger partial charge in [-0.15, -0.1) is 0 Å². The molecule has 0 amide bonds. The van der Waals surface area contributed by atoms with Crippen molar-refractivity contribution >= 4 is 5.71 Å². The van der Waals surface area contributed by atoms with Crippen LogP contribution in [0.5, 0.6) is 0 Å². The first-order chi connectivity index (χ1) is 3.95. The second-order valence-corrected chi connectivity index (χ2v) is 3.70. The van der Waals surface area contributed by atoms with E-state index in [2.05, 4.69) is 32.7 Å². The highest BCUT2D eigenvalue weighted by Crippen LogP contribution is 2.18. The van der Waals surface area contributed by atoms with Gasteiger partial charge in [0.2, 0.25) is 0 Å². The van der Waals surface area contributed by atoms with Crippen LogP contribution in [-0.2, 0) is 0 Å². The van der Waals surface area contributed by atoms with Crippen LogP contribution in [0.25, 0.3) is 0 Å². The molecule has 1 nitrogen and oxygen atoms in total. The van der Waals surface area contributed by atoms with Gasteiger partial charge in [0.25, 0.3) is 0 Å². The lowest BCUT2D eigenvalue weighted by atomic mass is 9.90. The monoisotopic (exact) mass is 127 g/mol. The number of aliphatic imine (C=N–C) groups is 1. The quantitative estimate of drug-likeness (QED) is 0.480. The number of nitrogens with zero attached hydrogens (tertiary/aromatic N) is 1. The summed E-state index contributed by atoms with van der Waals surface area (Å²) in [5, 5.41) is 0. The first-order valence-electron chi connectivity index (χ1n) is 3.38. The van der Waals surface area contributed by atoms with Gasteiger partial charge in [0.1, 0.15) is 0 Å². The summed E-state index contributed by atoms with van der Waals surface area (Å²) in [4.78, 5) is 4.09. The molecule has 0 saturated carbocycles. The molecule has 0 N–H and O–H groups in total. The van der Waals surface area contributed by atoms with E-state index in [0.717, 1.165) is 6.42 Å². The highest BCUT2D eigenvalue weighted by Gasteiger charge is 2.10. The van der Waals surface area contributed by atoms with Crippen LogP contribution in [0.3, 0.4) is 0 Å². The van der Waals surface area contributed by atoms with Gasteiger partial charge in [-0.2, -0.15) is 0 Å². The zero-order chi connectivity index (χ0) is 7.49. The van der Waals surface area contributed by atoms with Crippen molar-refractivity contribution in [3.8, 4) is 0 Å². The third-order valence-electron chi connectivity index (χ3n) is 1.17. The minimum Gasteiger partial charge on any atom is -0.298 e. The predicted octanol–water partition coefficient (Wildman–Crippen LogP) is 2.51. The van der Waals surface area contributed by atoms with Crippen molar-refractivity contribution in [3.05, 3.63) is 0 Å². The SMILES string of the molecule is C/N=C(\C)CC(C)(C)C. The van der Waals surface area contributed by atoms with Gasteiger partial charge < -0.3 is 0 Å². The van der Waals surface area contributed by atoms with Crippen LogP contribution in [0.1, 0.15) is 34.1 Å². The molecule has 54 valence electrons. The van der Waals surface area contributed by atoms with Gasteiger partial charge >= 0.3 is 0 Å². The van der Waals surface area contributed by atoms with Crippen molar-refractivity contribution in [2.75, 3.05) is 7.05 Å². The van der Waals surface area contributed by atoms with E-state index in [0.29, 0.717) is 5.41 Å². The van der Waals surface area contributed by atoms with Gasteiger partial charge in [0, 0.05) is 12.8 Å². The molecule has 0 heterocycles. The molecular weight excluding hydrogens is 110 g/mol. The summed E-state index contributed by atoms with van der Waals surface area (Å²) in [6.45, 7) is 8.75. The maximum absolute atomic E-state index is 4.09. The Hall–Kier alpha value is -0.330. The molecule has 0 aliphatic carbocycles. The molecule has 0 bridgehead atoms. The molecule has 0 aromatic rings. The van der Waals surface area contributed by atoms with Gasteiger partial charge in [-0.25, -0.2) is 0 Å². The fourth-order valence-electron chi connectivity index (χ4n) is 0.847. The van der Waals surface area contributed by atoms with Gasteiger partial charge in [0.05, 0.1) is 0 Å². The van der Waals surface area contributed by atoms with Crippen molar-refractivity contribution in [1.82, 2.24) is 0 Å². The average molecular weight is 127 g/mol. The molecule has 0 rings (SSSR count). The fourth-order valence-corrected chi connectivity index (χ4v) is 0.847. The second-order valence-electron chi connectivity index (χ2n) is 3.70. The maximum atomic E-state index is 4.09. The largest absolute Gasteiger partial charge is 0.298 e. The summed E-state index contributed by atoms with van der Waals surface area (Å²) in [5.41, 5.74) is 1.63. The number of hydrogen-bond acceptors (Lipinski definition) is 1. The number of hydrogen-bond donors (Lipinski definition) is 0. The van der Waals surface area contributed by atoms with Crippen LogP contribution in [-0.4, -0.2) is 12.8 Å². The Morgan fingerprint density at radius 3 is 1.89 bits per heavy atom. The average Bonchev–Trinajstić information content (AvgIpc) is 1.62. The summed E-state index contributed by atoms with van der Waals surface area (Å²) in [7, 11) is 1.85. The minimum atomic E-state index is 0.392. The van der Waals surface area contributed by atoms with Crippen molar-refractivity contribution in [3.63, 3.8) is 0 Å². The van der Waals surface area contributed by atoms with E-state index < -0.39 is 0 Å². The molecular formula is C8H17N. The van der Waals surface area contributed by atoms with E-state index in [1.54, 1.807) is 0 Å². The lowest BCUT2D eigenvalue weighted by Crippen LogP contribution is -2.10. The zero-order valence-corrected chi connectivity index (χ0v) is 7.15. The Morgan fingerprint density at radius 2 is 1.78 bits per heavy atom. The maximum Gasteiger partial charge on any atom is 0.0276 e. The van der Waals surface area contributed by atoms with E-state index in [-0.39, 0.29) is 0 Å². The van der Waals surface area contributed by atoms with Crippen LogP contribution in [0.4, 0.5) is 0 Å². The molecule has 0 atom stereocenters. The molecule has 9 heavy (non-hydrogen) atoms. The lowest BCUT2D eigenvalue weighted by Gasteiger charge is -2.16. The van der Waals surface area contributed by atoms with Crippen molar-refractivity contribution < 1.29 is 0 Å². The Kier molecular flexibility index (Phi) is 2.89. The van der Waals surface area contributed by atoms with Crippen LogP contribution >= 0.6 is 0 Å². The molecule has 1 heteroatoms. The summed E-state index contributed by atoms with van der Waals surface area (Å²) in [6, 6.07) is 0. The highest BCUT2D eigenvalue weighted by molar-refractivity contribution is 5.82. The Balaban J connectivity index is 3.75. The summed E-state index contributed by atoms with van der Waals surface area (Å²) >= 11 is 0. The van der Waals surface area contributed by atoms with Crippen molar-refractivity contribution in [2.45, 2.75) is 34.1 Å². The molecule has 0 aliphatic heterocycles. The van der Waals surface area contributed by atoms with E-state index in [1.807, 2.05) is 7.05 Å². The van der Waals surface area contributed by atoms with Crippen LogP contribution in [0.15, 0.2) is 4.99 Å². The second kappa shape index (κ2) is 3.00. The molecule has 0 radical (unpaired) electrons. The Labute approximate surface area is 58.2 Å². The molecule has 0 fully saturated rings. The standard InChI is InChI=1S/C8H17N/c1-7(9-5)6-8(2,3)4/h6H2,1-5H3/b9-7+. The van der Waals surface area contributed by atoms with Crippen LogP contribution in [0.2, 0.25) is 0 Å². The fraction of sp³-hybridized carbons (Fsp3) is 0.875. The molecule has 0 saturated heterocycles. The highest BCUT2D eigenvalue weighted by atomic mass is 14.7. The molecule has 0 unspecified atom stereocenters.